The van der Waals surface area contributed by atoms with Crippen molar-refractivity contribution in [3.05, 3.63) is 107 Å². The van der Waals surface area contributed by atoms with Crippen LogP contribution in [-0.4, -0.2) is 56.6 Å². The lowest BCUT2D eigenvalue weighted by atomic mass is 9.56. The number of ether oxygens (including phenoxy) is 1. The van der Waals surface area contributed by atoms with Crippen molar-refractivity contribution in [1.82, 2.24) is 4.90 Å². The van der Waals surface area contributed by atoms with Crippen molar-refractivity contribution >= 4 is 52.5 Å². The molecule has 2 heterocycles. The molecule has 8 nitrogen and oxygen atoms in total. The predicted molar refractivity (Wildman–Crippen MR) is 168 cm³/mol. The Kier molecular flexibility index (Phi) is 7.54. The van der Waals surface area contributed by atoms with Gasteiger partial charge in [0.05, 0.1) is 30.7 Å². The summed E-state index contributed by atoms with van der Waals surface area (Å²) in [5, 5.41) is 9.17. The van der Waals surface area contributed by atoms with E-state index in [0.717, 1.165) is 22.6 Å². The molecule has 7 rings (SSSR count). The van der Waals surface area contributed by atoms with E-state index in [1.165, 1.54) is 17.0 Å². The van der Waals surface area contributed by atoms with E-state index in [9.17, 15) is 28.7 Å². The molecule has 1 saturated carbocycles. The van der Waals surface area contributed by atoms with Crippen molar-refractivity contribution < 1.29 is 33.4 Å². The summed E-state index contributed by atoms with van der Waals surface area (Å²) in [6, 6.07) is 20.9. The molecular weight excluding hydrogens is 634 g/mol. The van der Waals surface area contributed by atoms with Crippen LogP contribution in [0.2, 0.25) is 0 Å². The van der Waals surface area contributed by atoms with Crippen LogP contribution in [0.25, 0.3) is 0 Å². The number of rotatable bonds is 7. The summed E-state index contributed by atoms with van der Waals surface area (Å²) >= 11 is 14.8. The van der Waals surface area contributed by atoms with Gasteiger partial charge in [-0.05, 0) is 66.3 Å². The molecule has 2 aliphatic heterocycles. The highest BCUT2D eigenvalue weighted by Crippen LogP contribution is 2.65. The highest BCUT2D eigenvalue weighted by Gasteiger charge is 2.76. The summed E-state index contributed by atoms with van der Waals surface area (Å²) in [5.41, 5.74) is 2.15. The van der Waals surface area contributed by atoms with Crippen LogP contribution in [0.5, 0.6) is 5.75 Å². The first-order chi connectivity index (χ1) is 22.1. The molecular formula is C35H29Cl2FN2O6. The number of allylic oxidation sites excluding steroid dienone is 2. The quantitative estimate of drug-likeness (QED) is 0.218. The zero-order valence-corrected chi connectivity index (χ0v) is 26.0. The third kappa shape index (κ3) is 4.43. The molecule has 3 aromatic rings. The fraction of sp³-hybridized carbons (Fsp3) is 0.314. The summed E-state index contributed by atoms with van der Waals surface area (Å²) in [5.74, 6) is -5.31. The van der Waals surface area contributed by atoms with Gasteiger partial charge in [-0.3, -0.25) is 24.1 Å². The summed E-state index contributed by atoms with van der Waals surface area (Å²) in [4.78, 5) is 54.7. The van der Waals surface area contributed by atoms with Gasteiger partial charge < -0.3 is 9.84 Å². The van der Waals surface area contributed by atoms with Crippen LogP contribution in [0.1, 0.15) is 29.9 Å². The number of hydrogen-bond acceptors (Lipinski definition) is 6. The first-order valence-corrected chi connectivity index (χ1v) is 15.8. The third-order valence-corrected chi connectivity index (χ3v) is 11.2. The molecule has 0 aromatic heterocycles. The number of carbonyl (C=O) groups excluding carboxylic acids is 4. The molecule has 46 heavy (non-hydrogen) atoms. The maximum Gasteiger partial charge on any atom is 0.258 e. The van der Waals surface area contributed by atoms with E-state index in [1.807, 2.05) is 36.4 Å². The second kappa shape index (κ2) is 11.3. The molecule has 2 saturated heterocycles. The molecule has 2 aliphatic carbocycles. The Morgan fingerprint density at radius 2 is 1.57 bits per heavy atom. The zero-order chi connectivity index (χ0) is 32.4. The van der Waals surface area contributed by atoms with E-state index in [1.54, 1.807) is 24.3 Å². The molecule has 1 N–H and O–H groups in total. The lowest BCUT2D eigenvalue weighted by molar-refractivity contribution is -0.141. The van der Waals surface area contributed by atoms with Gasteiger partial charge in [-0.1, -0.05) is 54.1 Å². The lowest BCUT2D eigenvalue weighted by Crippen LogP contribution is -2.60. The minimum Gasteiger partial charge on any atom is -0.491 e. The maximum absolute atomic E-state index is 14.4. The van der Waals surface area contributed by atoms with Crippen LogP contribution in [0.15, 0.2) is 90.5 Å². The number of nitrogens with zero attached hydrogens (tertiary/aromatic N) is 2. The monoisotopic (exact) mass is 662 g/mol. The molecule has 4 aliphatic rings. The second-order valence-corrected chi connectivity index (χ2v) is 13.4. The van der Waals surface area contributed by atoms with Crippen molar-refractivity contribution in [2.45, 2.75) is 35.1 Å². The number of fused-ring (bicyclic) bond motifs is 4. The van der Waals surface area contributed by atoms with Gasteiger partial charge in [-0.15, -0.1) is 23.2 Å². The highest BCUT2D eigenvalue weighted by atomic mass is 35.5. The Bertz CT molecular complexity index is 1770. The zero-order valence-electron chi connectivity index (χ0n) is 24.4. The third-order valence-electron chi connectivity index (χ3n) is 9.74. The fourth-order valence-electron chi connectivity index (χ4n) is 7.68. The van der Waals surface area contributed by atoms with Crippen LogP contribution in [-0.2, 0) is 25.7 Å². The normalized spacial score (nSPS) is 30.2. The Balaban J connectivity index is 1.34. The highest BCUT2D eigenvalue weighted by molar-refractivity contribution is 6.58. The van der Waals surface area contributed by atoms with E-state index in [4.69, 9.17) is 27.9 Å². The van der Waals surface area contributed by atoms with Crippen LogP contribution in [0.3, 0.4) is 0 Å². The minimum absolute atomic E-state index is 0.0819. The van der Waals surface area contributed by atoms with E-state index >= 15 is 0 Å². The van der Waals surface area contributed by atoms with Crippen LogP contribution >= 0.6 is 23.2 Å². The lowest BCUT2D eigenvalue weighted by Gasteiger charge is -2.50. The molecule has 0 spiro atoms. The largest absolute Gasteiger partial charge is 0.491 e. The molecule has 3 aromatic carbocycles. The van der Waals surface area contributed by atoms with Gasteiger partial charge in [-0.2, -0.15) is 0 Å². The number of hydrogen-bond donors (Lipinski definition) is 1. The van der Waals surface area contributed by atoms with Gasteiger partial charge in [0, 0.05) is 5.92 Å². The van der Waals surface area contributed by atoms with Crippen molar-refractivity contribution in [2.75, 3.05) is 18.1 Å². The van der Waals surface area contributed by atoms with E-state index in [-0.39, 0.29) is 50.1 Å². The topological polar surface area (TPSA) is 104 Å². The minimum atomic E-state index is -2.02. The van der Waals surface area contributed by atoms with Gasteiger partial charge in [0.15, 0.2) is 9.75 Å². The predicted octanol–water partition coefficient (Wildman–Crippen LogP) is 4.96. The first kappa shape index (κ1) is 30.6. The number of benzene rings is 3. The van der Waals surface area contributed by atoms with Crippen LogP contribution < -0.4 is 9.64 Å². The first-order valence-electron chi connectivity index (χ1n) is 15.0. The SMILES string of the molecule is O=C1[C@H]2[C@H](CC=C3[C@H]2C[C@@]2(Cl)C(=O)N(c4ccc(F)cc4)C(=O)[C@@]2(Cl)[C@H]3c2ccc(OCCO)cc2)C(=O)N1Cc1ccccc1. The maximum atomic E-state index is 14.4. The molecule has 11 heteroatoms. The summed E-state index contributed by atoms with van der Waals surface area (Å²) < 4.78 is 19.4. The number of imide groups is 2. The van der Waals surface area contributed by atoms with Crippen LogP contribution in [0, 0.1) is 23.6 Å². The number of amides is 4. The number of aliphatic hydroxyl groups is 1. The second-order valence-electron chi connectivity index (χ2n) is 12.1. The van der Waals surface area contributed by atoms with Crippen molar-refractivity contribution in [2.24, 2.45) is 17.8 Å². The smallest absolute Gasteiger partial charge is 0.258 e. The molecule has 4 amide bonds. The number of aliphatic hydroxyl groups excluding tert-OH is 1. The Labute approximate surface area is 274 Å². The molecule has 3 fully saturated rings. The number of likely N-dealkylation sites (tertiary alicyclic amines) is 1. The Morgan fingerprint density at radius 1 is 0.870 bits per heavy atom. The van der Waals surface area contributed by atoms with E-state index < -0.39 is 51.1 Å². The van der Waals surface area contributed by atoms with Crippen LogP contribution in [0.4, 0.5) is 10.1 Å². The average molecular weight is 664 g/mol. The average Bonchev–Trinajstić information content (AvgIpc) is 3.39. The standard InChI is InChI=1S/C35H29Cl2FN2O6/c36-34-18-27-25(14-15-26-28(27)31(43)39(30(26)42)19-20-4-2-1-3-5-20)29(21-6-12-24(13-7-21)46-17-16-41)35(34,37)33(45)40(32(34)44)23-10-8-22(38)9-11-23/h1-14,26-29,41H,15-19H2/t26-,27+,28-,29-,34+,35-/m0/s1. The van der Waals surface area contributed by atoms with E-state index in [2.05, 4.69) is 0 Å². The Hall–Kier alpha value is -4.05. The Morgan fingerprint density at radius 3 is 2.24 bits per heavy atom. The van der Waals surface area contributed by atoms with Crippen molar-refractivity contribution in [3.63, 3.8) is 0 Å². The van der Waals surface area contributed by atoms with E-state index in [0.29, 0.717) is 16.9 Å². The number of alkyl halides is 2. The van der Waals surface area contributed by atoms with Gasteiger partial charge in [0.1, 0.15) is 18.2 Å². The van der Waals surface area contributed by atoms with Gasteiger partial charge in [0.2, 0.25) is 11.8 Å². The van der Waals surface area contributed by atoms with Gasteiger partial charge >= 0.3 is 0 Å². The molecule has 0 radical (unpaired) electrons. The number of halogens is 3. The fourth-order valence-corrected chi connectivity index (χ4v) is 8.61. The summed E-state index contributed by atoms with van der Waals surface area (Å²) in [6.45, 7) is 0.0248. The number of anilines is 1. The van der Waals surface area contributed by atoms with Gasteiger partial charge in [-0.25, -0.2) is 9.29 Å². The molecule has 0 bridgehead atoms. The summed E-state index contributed by atoms with van der Waals surface area (Å²) in [7, 11) is 0. The van der Waals surface area contributed by atoms with Gasteiger partial charge in [0.25, 0.3) is 11.8 Å². The van der Waals surface area contributed by atoms with Crippen molar-refractivity contribution in [1.29, 1.82) is 0 Å². The molecule has 236 valence electrons. The van der Waals surface area contributed by atoms with Crippen molar-refractivity contribution in [3.8, 4) is 5.75 Å². The number of carbonyl (C=O) groups is 4. The summed E-state index contributed by atoms with van der Waals surface area (Å²) in [6.07, 6.45) is 1.98. The molecule has 0 unspecified atom stereocenters. The molecule has 6 atom stereocenters.